The molecule has 0 heterocycles. The molecule has 0 bridgehead atoms. The Bertz CT molecular complexity index is 807. The summed E-state index contributed by atoms with van der Waals surface area (Å²) in [4.78, 5) is 7.34. The van der Waals surface area contributed by atoms with Crippen molar-refractivity contribution >= 4 is 5.96 Å². The lowest BCUT2D eigenvalue weighted by molar-refractivity contribution is 0.0206. The van der Waals surface area contributed by atoms with Crippen LogP contribution in [0.3, 0.4) is 0 Å². The van der Waals surface area contributed by atoms with Gasteiger partial charge in [0.05, 0.1) is 12.1 Å². The molecule has 2 N–H and O–H groups in total. The Labute approximate surface area is 201 Å². The maximum atomic E-state index is 6.64. The topological polar surface area (TPSA) is 60.1 Å². The van der Waals surface area contributed by atoms with E-state index in [1.807, 2.05) is 7.11 Å². The number of hydrogen-bond acceptors (Lipinski definition) is 3. The van der Waals surface area contributed by atoms with Crippen molar-refractivity contribution in [3.05, 3.63) is 34.9 Å². The highest BCUT2D eigenvalue weighted by Gasteiger charge is 2.48. The standard InChI is InChI=1S/C28H45N3O2/c1-20(2)31(19-32-3)27(29)30-26-25-17-22(16-21-8-6-5-7-9-21)10-11-23(25)18-28(26)14-12-24(33-4)13-15-28/h10-11,17,20-21,24,26H,5-9,12-16,18-19H2,1-4H3,(H2,29,30). The third-order valence-electron chi connectivity index (χ3n) is 8.59. The van der Waals surface area contributed by atoms with E-state index < -0.39 is 0 Å². The summed E-state index contributed by atoms with van der Waals surface area (Å²) in [5.41, 5.74) is 11.2. The van der Waals surface area contributed by atoms with Gasteiger partial charge in [-0.2, -0.15) is 0 Å². The summed E-state index contributed by atoms with van der Waals surface area (Å²) >= 11 is 0. The van der Waals surface area contributed by atoms with Crippen LogP contribution in [0.25, 0.3) is 0 Å². The van der Waals surface area contributed by atoms with E-state index in [4.69, 9.17) is 20.2 Å². The van der Waals surface area contributed by atoms with Crippen molar-refractivity contribution in [2.45, 2.75) is 103 Å². The molecule has 184 valence electrons. The number of nitrogens with zero attached hydrogens (tertiary/aromatic N) is 2. The number of hydrogen-bond donors (Lipinski definition) is 1. The quantitative estimate of drug-likeness (QED) is 0.330. The SMILES string of the molecule is COCN(C(N)=NC1c2cc(CC3CCCCC3)ccc2CC12CCC(OC)CC2)C(C)C. The first-order valence-electron chi connectivity index (χ1n) is 13.2. The number of methoxy groups -OCH3 is 2. The van der Waals surface area contributed by atoms with Crippen LogP contribution in [0.2, 0.25) is 0 Å². The maximum absolute atomic E-state index is 6.64. The number of benzene rings is 1. The molecule has 1 spiro atoms. The van der Waals surface area contributed by atoms with Crippen molar-refractivity contribution in [2.24, 2.45) is 22.1 Å². The van der Waals surface area contributed by atoms with Crippen molar-refractivity contribution in [1.82, 2.24) is 4.90 Å². The van der Waals surface area contributed by atoms with Gasteiger partial charge in [-0.3, -0.25) is 0 Å². The van der Waals surface area contributed by atoms with E-state index in [0.29, 0.717) is 18.8 Å². The number of nitrogens with two attached hydrogens (primary N) is 1. The van der Waals surface area contributed by atoms with Gasteiger partial charge < -0.3 is 20.1 Å². The van der Waals surface area contributed by atoms with Gasteiger partial charge >= 0.3 is 0 Å². The minimum Gasteiger partial charge on any atom is -0.381 e. The first-order valence-corrected chi connectivity index (χ1v) is 13.2. The Balaban J connectivity index is 1.65. The highest BCUT2D eigenvalue weighted by molar-refractivity contribution is 5.78. The van der Waals surface area contributed by atoms with Crippen LogP contribution >= 0.6 is 0 Å². The molecular formula is C28H45N3O2. The van der Waals surface area contributed by atoms with E-state index >= 15 is 0 Å². The number of fused-ring (bicyclic) bond motifs is 1. The Morgan fingerprint density at radius 2 is 1.85 bits per heavy atom. The number of rotatable bonds is 7. The van der Waals surface area contributed by atoms with E-state index in [-0.39, 0.29) is 17.5 Å². The van der Waals surface area contributed by atoms with E-state index in [9.17, 15) is 0 Å². The fraction of sp³-hybridized carbons (Fsp3) is 0.750. The fourth-order valence-electron chi connectivity index (χ4n) is 6.60. The second-order valence-electron chi connectivity index (χ2n) is 11.1. The van der Waals surface area contributed by atoms with Gasteiger partial charge in [0.2, 0.25) is 0 Å². The summed E-state index contributed by atoms with van der Waals surface area (Å²) in [5, 5.41) is 0. The molecule has 5 nitrogen and oxygen atoms in total. The minimum absolute atomic E-state index is 0.120. The Morgan fingerprint density at radius 1 is 1.12 bits per heavy atom. The molecule has 0 radical (unpaired) electrons. The summed E-state index contributed by atoms with van der Waals surface area (Å²) < 4.78 is 11.1. The smallest absolute Gasteiger partial charge is 0.193 e. The molecule has 2 saturated carbocycles. The summed E-state index contributed by atoms with van der Waals surface area (Å²) in [6.45, 7) is 4.75. The Kier molecular flexibility index (Phi) is 8.01. The Hall–Kier alpha value is -1.59. The van der Waals surface area contributed by atoms with Crippen LogP contribution in [0.5, 0.6) is 0 Å². The van der Waals surface area contributed by atoms with Gasteiger partial charge in [0.1, 0.15) is 6.73 Å². The van der Waals surface area contributed by atoms with Crippen LogP contribution in [0.1, 0.15) is 94.4 Å². The van der Waals surface area contributed by atoms with Gasteiger partial charge in [-0.1, -0.05) is 50.3 Å². The zero-order chi connectivity index (χ0) is 23.4. The highest BCUT2D eigenvalue weighted by Crippen LogP contribution is 2.56. The summed E-state index contributed by atoms with van der Waals surface area (Å²) in [6.07, 6.45) is 14.2. The van der Waals surface area contributed by atoms with Crippen molar-refractivity contribution in [3.63, 3.8) is 0 Å². The van der Waals surface area contributed by atoms with Gasteiger partial charge in [0, 0.05) is 25.7 Å². The molecule has 0 aliphatic heterocycles. The molecule has 5 heteroatoms. The molecule has 1 unspecified atom stereocenters. The van der Waals surface area contributed by atoms with E-state index in [0.717, 1.165) is 38.0 Å². The molecule has 2 fully saturated rings. The van der Waals surface area contributed by atoms with E-state index in [2.05, 4.69) is 36.9 Å². The molecule has 3 aliphatic carbocycles. The average Bonchev–Trinajstić information content (AvgIpc) is 3.10. The van der Waals surface area contributed by atoms with Crippen LogP contribution in [0.4, 0.5) is 0 Å². The van der Waals surface area contributed by atoms with Crippen molar-refractivity contribution < 1.29 is 9.47 Å². The number of ether oxygens (including phenoxy) is 2. The van der Waals surface area contributed by atoms with Crippen molar-refractivity contribution in [1.29, 1.82) is 0 Å². The molecule has 4 rings (SSSR count). The van der Waals surface area contributed by atoms with Crippen molar-refractivity contribution in [3.8, 4) is 0 Å². The zero-order valence-corrected chi connectivity index (χ0v) is 21.3. The largest absolute Gasteiger partial charge is 0.381 e. The molecule has 33 heavy (non-hydrogen) atoms. The van der Waals surface area contributed by atoms with Crippen molar-refractivity contribution in [2.75, 3.05) is 21.0 Å². The molecule has 1 aromatic rings. The second kappa shape index (κ2) is 10.8. The molecule has 0 aromatic heterocycles. The lowest BCUT2D eigenvalue weighted by Gasteiger charge is -2.40. The minimum atomic E-state index is 0.120. The molecule has 3 aliphatic rings. The Morgan fingerprint density at radius 3 is 2.48 bits per heavy atom. The maximum Gasteiger partial charge on any atom is 0.193 e. The van der Waals surface area contributed by atoms with E-state index in [1.165, 1.54) is 55.2 Å². The molecule has 1 aromatic carbocycles. The van der Waals surface area contributed by atoms with Crippen LogP contribution in [0, 0.1) is 11.3 Å². The zero-order valence-electron chi connectivity index (χ0n) is 21.3. The first-order chi connectivity index (χ1) is 16.0. The average molecular weight is 456 g/mol. The van der Waals surface area contributed by atoms with Crippen LogP contribution < -0.4 is 5.73 Å². The number of aliphatic imine (C=N–C) groups is 1. The van der Waals surface area contributed by atoms with Gasteiger partial charge in [0.25, 0.3) is 0 Å². The van der Waals surface area contributed by atoms with Crippen LogP contribution in [0.15, 0.2) is 23.2 Å². The second-order valence-corrected chi connectivity index (χ2v) is 11.1. The normalized spacial score (nSPS) is 28.5. The lowest BCUT2D eigenvalue weighted by atomic mass is 9.68. The summed E-state index contributed by atoms with van der Waals surface area (Å²) in [7, 11) is 3.57. The fourth-order valence-corrected chi connectivity index (χ4v) is 6.60. The molecule has 0 amide bonds. The van der Waals surface area contributed by atoms with Gasteiger partial charge in [-0.25, -0.2) is 4.99 Å². The van der Waals surface area contributed by atoms with Crippen LogP contribution in [-0.2, 0) is 22.3 Å². The third-order valence-corrected chi connectivity index (χ3v) is 8.59. The third kappa shape index (κ3) is 5.40. The molecular weight excluding hydrogens is 410 g/mol. The lowest BCUT2D eigenvalue weighted by Crippen LogP contribution is -2.44. The highest BCUT2D eigenvalue weighted by atomic mass is 16.5. The molecule has 1 atom stereocenters. The van der Waals surface area contributed by atoms with E-state index in [1.54, 1.807) is 7.11 Å². The monoisotopic (exact) mass is 455 g/mol. The van der Waals surface area contributed by atoms with Gasteiger partial charge in [0.15, 0.2) is 5.96 Å². The first kappa shape index (κ1) is 24.5. The predicted molar refractivity (Wildman–Crippen MR) is 135 cm³/mol. The van der Waals surface area contributed by atoms with Gasteiger partial charge in [-0.05, 0) is 75.0 Å². The van der Waals surface area contributed by atoms with Crippen LogP contribution in [-0.4, -0.2) is 44.0 Å². The summed E-state index contributed by atoms with van der Waals surface area (Å²) in [5.74, 6) is 1.45. The molecule has 0 saturated heterocycles. The van der Waals surface area contributed by atoms with Gasteiger partial charge in [-0.15, -0.1) is 0 Å². The number of guanidine groups is 1. The predicted octanol–water partition coefficient (Wildman–Crippen LogP) is 5.61. The summed E-state index contributed by atoms with van der Waals surface area (Å²) in [6, 6.07) is 7.64.